The van der Waals surface area contributed by atoms with Gasteiger partial charge in [0.15, 0.2) is 0 Å². The number of anilines is 1. The van der Waals surface area contributed by atoms with Crippen LogP contribution in [-0.2, 0) is 11.3 Å². The van der Waals surface area contributed by atoms with Gasteiger partial charge in [-0.1, -0.05) is 41.9 Å². The van der Waals surface area contributed by atoms with Crippen LogP contribution in [-0.4, -0.2) is 43.5 Å². The molecule has 2 aromatic rings. The average molecular weight is 344 g/mol. The molecule has 1 saturated heterocycles. The highest BCUT2D eigenvalue weighted by Crippen LogP contribution is 2.15. The molecule has 1 aliphatic rings. The largest absolute Gasteiger partial charge is 0.368 e. The van der Waals surface area contributed by atoms with Crippen molar-refractivity contribution in [3.63, 3.8) is 0 Å². The Morgan fingerprint density at radius 1 is 0.958 bits per heavy atom. The summed E-state index contributed by atoms with van der Waals surface area (Å²) in [5.74, 6) is 0.164. The van der Waals surface area contributed by atoms with E-state index in [-0.39, 0.29) is 5.91 Å². The Bertz CT molecular complexity index is 652. The number of hydrogen-bond acceptors (Lipinski definition) is 3. The minimum atomic E-state index is 0.164. The number of benzene rings is 2. The van der Waals surface area contributed by atoms with Crippen LogP contribution < -0.4 is 10.2 Å². The Labute approximate surface area is 148 Å². The Balaban J connectivity index is 1.41. The van der Waals surface area contributed by atoms with E-state index in [1.807, 2.05) is 47.4 Å². The zero-order chi connectivity index (χ0) is 16.8. The van der Waals surface area contributed by atoms with Crippen molar-refractivity contribution < 1.29 is 4.79 Å². The van der Waals surface area contributed by atoms with E-state index >= 15 is 0 Å². The SMILES string of the molecule is O=C(CNCc1ccc(Cl)cc1)N1CCN(c2ccccc2)CC1. The van der Waals surface area contributed by atoms with Gasteiger partial charge in [0.1, 0.15) is 0 Å². The van der Waals surface area contributed by atoms with E-state index in [0.29, 0.717) is 13.1 Å². The van der Waals surface area contributed by atoms with E-state index in [2.05, 4.69) is 22.3 Å². The van der Waals surface area contributed by atoms with Crippen LogP contribution >= 0.6 is 11.6 Å². The predicted molar refractivity (Wildman–Crippen MR) is 98.4 cm³/mol. The number of hydrogen-bond donors (Lipinski definition) is 1. The summed E-state index contributed by atoms with van der Waals surface area (Å²) in [5.41, 5.74) is 2.35. The highest BCUT2D eigenvalue weighted by atomic mass is 35.5. The van der Waals surface area contributed by atoms with E-state index in [4.69, 9.17) is 11.6 Å². The fraction of sp³-hybridized carbons (Fsp3) is 0.316. The van der Waals surface area contributed by atoms with E-state index in [1.165, 1.54) is 5.69 Å². The van der Waals surface area contributed by atoms with E-state index < -0.39 is 0 Å². The molecule has 0 aliphatic carbocycles. The minimum Gasteiger partial charge on any atom is -0.368 e. The Morgan fingerprint density at radius 2 is 1.62 bits per heavy atom. The number of halogens is 1. The van der Waals surface area contributed by atoms with Gasteiger partial charge >= 0.3 is 0 Å². The second kappa shape index (κ2) is 8.18. The first-order valence-corrected chi connectivity index (χ1v) is 8.63. The highest BCUT2D eigenvalue weighted by Gasteiger charge is 2.20. The van der Waals surface area contributed by atoms with Gasteiger partial charge in [-0.25, -0.2) is 0 Å². The second-order valence-electron chi connectivity index (χ2n) is 5.93. The van der Waals surface area contributed by atoms with Crippen molar-refractivity contribution in [3.05, 3.63) is 65.2 Å². The highest BCUT2D eigenvalue weighted by molar-refractivity contribution is 6.30. The van der Waals surface area contributed by atoms with Crippen molar-refractivity contribution >= 4 is 23.2 Å². The predicted octanol–water partition coefficient (Wildman–Crippen LogP) is 2.78. The average Bonchev–Trinajstić information content (AvgIpc) is 2.64. The molecule has 0 aromatic heterocycles. The molecular weight excluding hydrogens is 322 g/mol. The standard InChI is InChI=1S/C19H22ClN3O/c20-17-8-6-16(7-9-17)14-21-15-19(24)23-12-10-22(11-13-23)18-4-2-1-3-5-18/h1-9,21H,10-15H2. The summed E-state index contributed by atoms with van der Waals surface area (Å²) in [7, 11) is 0. The smallest absolute Gasteiger partial charge is 0.236 e. The van der Waals surface area contributed by atoms with Crippen molar-refractivity contribution in [2.75, 3.05) is 37.6 Å². The monoisotopic (exact) mass is 343 g/mol. The molecule has 0 bridgehead atoms. The van der Waals surface area contributed by atoms with Crippen molar-refractivity contribution in [3.8, 4) is 0 Å². The summed E-state index contributed by atoms with van der Waals surface area (Å²) < 4.78 is 0. The van der Waals surface area contributed by atoms with Crippen molar-refractivity contribution in [1.82, 2.24) is 10.2 Å². The van der Waals surface area contributed by atoms with Crippen LogP contribution in [0.25, 0.3) is 0 Å². The van der Waals surface area contributed by atoms with Crippen LogP contribution in [0.4, 0.5) is 5.69 Å². The molecule has 2 aromatic carbocycles. The van der Waals surface area contributed by atoms with E-state index in [0.717, 1.165) is 36.8 Å². The fourth-order valence-electron chi connectivity index (χ4n) is 2.88. The zero-order valence-electron chi connectivity index (χ0n) is 13.6. The third-order valence-electron chi connectivity index (χ3n) is 4.27. The molecule has 0 unspecified atom stereocenters. The van der Waals surface area contributed by atoms with Crippen molar-refractivity contribution in [2.45, 2.75) is 6.54 Å². The molecule has 3 rings (SSSR count). The van der Waals surface area contributed by atoms with E-state index in [1.54, 1.807) is 0 Å². The summed E-state index contributed by atoms with van der Waals surface area (Å²) in [5, 5.41) is 3.94. The molecule has 1 N–H and O–H groups in total. The lowest BCUT2D eigenvalue weighted by Crippen LogP contribution is -2.50. The molecule has 1 heterocycles. The van der Waals surface area contributed by atoms with Crippen molar-refractivity contribution in [2.24, 2.45) is 0 Å². The van der Waals surface area contributed by atoms with Gasteiger partial charge in [0.2, 0.25) is 5.91 Å². The quantitative estimate of drug-likeness (QED) is 0.906. The number of piperazine rings is 1. The Hall–Kier alpha value is -2.04. The lowest BCUT2D eigenvalue weighted by molar-refractivity contribution is -0.130. The first-order chi connectivity index (χ1) is 11.7. The number of carbonyl (C=O) groups excluding carboxylic acids is 1. The third-order valence-corrected chi connectivity index (χ3v) is 4.52. The summed E-state index contributed by atoms with van der Waals surface area (Å²) in [4.78, 5) is 16.6. The molecule has 126 valence electrons. The van der Waals surface area contributed by atoms with Gasteiger partial charge in [-0.15, -0.1) is 0 Å². The van der Waals surface area contributed by atoms with Crippen LogP contribution in [0, 0.1) is 0 Å². The van der Waals surface area contributed by atoms with Gasteiger partial charge in [0, 0.05) is 43.4 Å². The molecule has 0 spiro atoms. The summed E-state index contributed by atoms with van der Waals surface area (Å²) in [6, 6.07) is 18.0. The van der Waals surface area contributed by atoms with Crippen LogP contribution in [0.15, 0.2) is 54.6 Å². The molecule has 1 aliphatic heterocycles. The van der Waals surface area contributed by atoms with Gasteiger partial charge in [-0.3, -0.25) is 4.79 Å². The van der Waals surface area contributed by atoms with Gasteiger partial charge in [-0.05, 0) is 29.8 Å². The fourth-order valence-corrected chi connectivity index (χ4v) is 3.01. The van der Waals surface area contributed by atoms with Crippen LogP contribution in [0.3, 0.4) is 0 Å². The van der Waals surface area contributed by atoms with Gasteiger partial charge < -0.3 is 15.1 Å². The van der Waals surface area contributed by atoms with E-state index in [9.17, 15) is 4.79 Å². The van der Waals surface area contributed by atoms with Gasteiger partial charge in [-0.2, -0.15) is 0 Å². The topological polar surface area (TPSA) is 35.6 Å². The zero-order valence-corrected chi connectivity index (χ0v) is 14.4. The molecule has 0 saturated carbocycles. The minimum absolute atomic E-state index is 0.164. The maximum absolute atomic E-state index is 12.3. The lowest BCUT2D eigenvalue weighted by Gasteiger charge is -2.36. The summed E-state index contributed by atoms with van der Waals surface area (Å²) in [6.07, 6.45) is 0. The maximum Gasteiger partial charge on any atom is 0.236 e. The molecule has 1 amide bonds. The number of carbonyl (C=O) groups is 1. The Kier molecular flexibility index (Phi) is 5.72. The van der Waals surface area contributed by atoms with Crippen LogP contribution in [0.1, 0.15) is 5.56 Å². The first-order valence-electron chi connectivity index (χ1n) is 8.25. The van der Waals surface area contributed by atoms with Gasteiger partial charge in [0.25, 0.3) is 0 Å². The number of nitrogens with zero attached hydrogens (tertiary/aromatic N) is 2. The first kappa shape index (κ1) is 16.8. The number of amides is 1. The van der Waals surface area contributed by atoms with Crippen molar-refractivity contribution in [1.29, 1.82) is 0 Å². The van der Waals surface area contributed by atoms with Crippen LogP contribution in [0.2, 0.25) is 5.02 Å². The summed E-state index contributed by atoms with van der Waals surface area (Å²) in [6.45, 7) is 4.35. The normalized spacial score (nSPS) is 14.7. The number of nitrogens with one attached hydrogen (secondary N) is 1. The number of para-hydroxylation sites is 1. The molecule has 24 heavy (non-hydrogen) atoms. The summed E-state index contributed by atoms with van der Waals surface area (Å²) >= 11 is 5.87. The number of rotatable bonds is 5. The van der Waals surface area contributed by atoms with Crippen LogP contribution in [0.5, 0.6) is 0 Å². The third kappa shape index (κ3) is 4.49. The molecule has 4 nitrogen and oxygen atoms in total. The Morgan fingerprint density at radius 3 is 2.29 bits per heavy atom. The lowest BCUT2D eigenvalue weighted by atomic mass is 10.2. The molecular formula is C19H22ClN3O. The molecule has 1 fully saturated rings. The second-order valence-corrected chi connectivity index (χ2v) is 6.37. The molecule has 0 atom stereocenters. The maximum atomic E-state index is 12.3. The molecule has 5 heteroatoms. The van der Waals surface area contributed by atoms with Gasteiger partial charge in [0.05, 0.1) is 6.54 Å². The molecule has 0 radical (unpaired) electrons.